The van der Waals surface area contributed by atoms with Gasteiger partial charge >= 0.3 is 0 Å². The molecular weight excluding hydrogens is 348 g/mol. The molecule has 0 N–H and O–H groups in total. The molecule has 0 heterocycles. The van der Waals surface area contributed by atoms with Gasteiger partial charge in [0.05, 0.1) is 4.90 Å². The van der Waals surface area contributed by atoms with E-state index in [1.807, 2.05) is 26.0 Å². The topological polar surface area (TPSA) is 23.8 Å². The van der Waals surface area contributed by atoms with Crippen LogP contribution in [0.5, 0.6) is 0 Å². The number of nitrogens with zero attached hydrogens (tertiary/aromatic N) is 1. The van der Waals surface area contributed by atoms with Gasteiger partial charge in [0, 0.05) is 0 Å². The highest BCUT2D eigenvalue weighted by Gasteiger charge is 2.20. The first-order valence-electron chi connectivity index (χ1n) is 9.23. The Morgan fingerprint density at radius 1 is 0.923 bits per heavy atom. The first-order chi connectivity index (χ1) is 12.6. The molecule has 1 nitrogen and oxygen atoms in total. The number of halogens is 2. The molecule has 0 unspecified atom stereocenters. The summed E-state index contributed by atoms with van der Waals surface area (Å²) in [5, 5.41) is 10.3. The third-order valence-corrected chi connectivity index (χ3v) is 5.56. The Morgan fingerprint density at radius 3 is 1.96 bits per heavy atom. The molecule has 1 saturated carbocycles. The molecule has 3 rings (SSSR count). The summed E-state index contributed by atoms with van der Waals surface area (Å²) in [6.45, 7) is 6.30. The minimum atomic E-state index is -0.693. The average molecular weight is 374 g/mol. The molecule has 26 heavy (non-hydrogen) atoms. The number of nitriles is 1. The molecular formula is C22H25F2NS. The fourth-order valence-corrected chi connectivity index (χ4v) is 3.81. The van der Waals surface area contributed by atoms with E-state index in [1.54, 1.807) is 5.40 Å². The highest BCUT2D eigenvalue weighted by Crippen LogP contribution is 2.36. The quantitative estimate of drug-likeness (QED) is 0.410. The predicted molar refractivity (Wildman–Crippen MR) is 105 cm³/mol. The van der Waals surface area contributed by atoms with Crippen molar-refractivity contribution in [2.75, 3.05) is 0 Å². The van der Waals surface area contributed by atoms with Crippen LogP contribution >= 0.6 is 11.8 Å². The van der Waals surface area contributed by atoms with E-state index >= 15 is 0 Å². The van der Waals surface area contributed by atoms with Crippen LogP contribution in [-0.2, 0) is 0 Å². The van der Waals surface area contributed by atoms with Crippen LogP contribution in [0.4, 0.5) is 8.78 Å². The fourth-order valence-electron chi connectivity index (χ4n) is 3.41. The van der Waals surface area contributed by atoms with Crippen LogP contribution in [0.2, 0.25) is 0 Å². The number of thiocyanates is 1. The summed E-state index contributed by atoms with van der Waals surface area (Å²) in [6, 6.07) is 10.6. The summed E-state index contributed by atoms with van der Waals surface area (Å²) >= 11 is 0.509. The Kier molecular flexibility index (Phi) is 7.66. The van der Waals surface area contributed by atoms with Crippen LogP contribution in [0.25, 0.3) is 11.1 Å². The van der Waals surface area contributed by atoms with E-state index in [9.17, 15) is 8.78 Å². The van der Waals surface area contributed by atoms with E-state index in [0.717, 1.165) is 11.5 Å². The minimum Gasteiger partial charge on any atom is -0.206 e. The molecule has 2 aromatic carbocycles. The van der Waals surface area contributed by atoms with Gasteiger partial charge in [-0.15, -0.1) is 0 Å². The van der Waals surface area contributed by atoms with Gasteiger partial charge in [-0.2, -0.15) is 5.26 Å². The zero-order valence-corrected chi connectivity index (χ0v) is 16.4. The van der Waals surface area contributed by atoms with Crippen molar-refractivity contribution in [3.8, 4) is 16.5 Å². The van der Waals surface area contributed by atoms with E-state index in [0.29, 0.717) is 23.2 Å². The van der Waals surface area contributed by atoms with Crippen LogP contribution in [0.15, 0.2) is 41.3 Å². The maximum absolute atomic E-state index is 14.0. The summed E-state index contributed by atoms with van der Waals surface area (Å²) in [6.07, 6.45) is 4.95. The number of thioether (sulfide) groups is 1. The van der Waals surface area contributed by atoms with E-state index in [-0.39, 0.29) is 4.90 Å². The molecule has 2 aromatic rings. The number of hydrogen-bond acceptors (Lipinski definition) is 2. The van der Waals surface area contributed by atoms with Crippen molar-refractivity contribution in [1.29, 1.82) is 5.26 Å². The van der Waals surface area contributed by atoms with Crippen LogP contribution < -0.4 is 0 Å². The van der Waals surface area contributed by atoms with Crippen LogP contribution in [-0.4, -0.2) is 0 Å². The van der Waals surface area contributed by atoms with Gasteiger partial charge in [0.25, 0.3) is 0 Å². The van der Waals surface area contributed by atoms with E-state index in [1.165, 1.54) is 43.4 Å². The molecule has 0 saturated heterocycles. The van der Waals surface area contributed by atoms with Crippen molar-refractivity contribution in [1.82, 2.24) is 0 Å². The molecule has 4 heteroatoms. The molecule has 0 spiro atoms. The molecule has 0 amide bonds. The molecule has 138 valence electrons. The summed E-state index contributed by atoms with van der Waals surface area (Å²) in [5.41, 5.74) is 2.59. The highest BCUT2D eigenvalue weighted by atomic mass is 32.2. The van der Waals surface area contributed by atoms with Gasteiger partial charge in [0.1, 0.15) is 17.0 Å². The Labute approximate surface area is 159 Å². The third kappa shape index (κ3) is 4.86. The van der Waals surface area contributed by atoms with Crippen LogP contribution in [0.1, 0.15) is 57.9 Å². The Balaban J connectivity index is 0.00000117. The molecule has 0 bridgehead atoms. The normalized spacial score (nSPS) is 19.2. The summed E-state index contributed by atoms with van der Waals surface area (Å²) in [4.78, 5) is -0.241. The van der Waals surface area contributed by atoms with Crippen molar-refractivity contribution in [2.45, 2.75) is 57.3 Å². The van der Waals surface area contributed by atoms with Crippen LogP contribution in [0.3, 0.4) is 0 Å². The van der Waals surface area contributed by atoms with Crippen LogP contribution in [0, 0.1) is 28.2 Å². The van der Waals surface area contributed by atoms with E-state index in [4.69, 9.17) is 5.26 Å². The second-order valence-electron chi connectivity index (χ2n) is 6.54. The molecule has 0 radical (unpaired) electrons. The lowest BCUT2D eigenvalue weighted by Gasteiger charge is -2.26. The van der Waals surface area contributed by atoms with Crippen molar-refractivity contribution in [3.05, 3.63) is 53.6 Å². The van der Waals surface area contributed by atoms with Crippen molar-refractivity contribution >= 4 is 11.8 Å². The number of benzene rings is 2. The smallest absolute Gasteiger partial charge is 0.141 e. The van der Waals surface area contributed by atoms with Crippen molar-refractivity contribution in [2.24, 2.45) is 5.92 Å². The van der Waals surface area contributed by atoms with Gasteiger partial charge in [0.15, 0.2) is 0 Å². The van der Waals surface area contributed by atoms with Gasteiger partial charge in [-0.05, 0) is 65.3 Å². The summed E-state index contributed by atoms with van der Waals surface area (Å²) < 4.78 is 28.0. The molecule has 1 aliphatic rings. The highest BCUT2D eigenvalue weighted by molar-refractivity contribution is 8.03. The Bertz CT molecular complexity index is 734. The molecule has 0 aliphatic heterocycles. The lowest BCUT2D eigenvalue weighted by molar-refractivity contribution is 0.348. The molecule has 0 aromatic heterocycles. The first-order valence-corrected chi connectivity index (χ1v) is 10.1. The SMILES string of the molecule is CC.CC1CCC(c2ccc(-c3cc(F)c(SC#N)c(F)c3)cc2)CC1. The molecule has 0 atom stereocenters. The minimum absolute atomic E-state index is 0.241. The van der Waals surface area contributed by atoms with Gasteiger partial charge in [-0.3, -0.25) is 0 Å². The third-order valence-electron chi connectivity index (χ3n) is 4.88. The second-order valence-corrected chi connectivity index (χ2v) is 7.34. The Morgan fingerprint density at radius 2 is 1.46 bits per heavy atom. The van der Waals surface area contributed by atoms with E-state index in [2.05, 4.69) is 19.1 Å². The zero-order valence-electron chi connectivity index (χ0n) is 15.6. The Hall–Kier alpha value is -1.86. The largest absolute Gasteiger partial charge is 0.206 e. The van der Waals surface area contributed by atoms with Gasteiger partial charge < -0.3 is 0 Å². The van der Waals surface area contributed by atoms with Gasteiger partial charge in [-0.1, -0.05) is 57.9 Å². The molecule has 1 fully saturated rings. The maximum atomic E-state index is 14.0. The lowest BCUT2D eigenvalue weighted by atomic mass is 9.79. The van der Waals surface area contributed by atoms with E-state index < -0.39 is 11.6 Å². The number of hydrogen-bond donors (Lipinski definition) is 0. The summed E-state index contributed by atoms with van der Waals surface area (Å²) in [7, 11) is 0. The zero-order chi connectivity index (χ0) is 19.1. The lowest BCUT2D eigenvalue weighted by Crippen LogP contribution is -2.10. The molecule has 1 aliphatic carbocycles. The van der Waals surface area contributed by atoms with Gasteiger partial charge in [0.2, 0.25) is 0 Å². The standard InChI is InChI=1S/C20H19F2NS.C2H6/c1-13-2-4-14(5-3-13)15-6-8-16(9-7-15)17-10-18(21)20(24-12-23)19(22)11-17;1-2/h6-11,13-14H,2-5H2,1H3;1-2H3. The second kappa shape index (κ2) is 9.73. The maximum Gasteiger partial charge on any atom is 0.141 e. The van der Waals surface area contributed by atoms with Gasteiger partial charge in [-0.25, -0.2) is 8.78 Å². The monoisotopic (exact) mass is 373 g/mol. The predicted octanol–water partition coefficient (Wildman–Crippen LogP) is 7.52. The fraction of sp³-hybridized carbons (Fsp3) is 0.409. The average Bonchev–Trinajstić information content (AvgIpc) is 2.67. The number of rotatable bonds is 3. The van der Waals surface area contributed by atoms with Crippen molar-refractivity contribution < 1.29 is 8.78 Å². The first kappa shape index (κ1) is 20.5. The summed E-state index contributed by atoms with van der Waals surface area (Å²) in [5.74, 6) is 0.0261. The van der Waals surface area contributed by atoms with Crippen molar-refractivity contribution in [3.63, 3.8) is 0 Å².